The fourth-order valence-corrected chi connectivity index (χ4v) is 1.71. The van der Waals surface area contributed by atoms with E-state index in [1.54, 1.807) is 32.1 Å². The lowest BCUT2D eigenvalue weighted by Crippen LogP contribution is -2.18. The van der Waals surface area contributed by atoms with E-state index >= 15 is 0 Å². The second-order valence-electron chi connectivity index (χ2n) is 5.09. The Kier molecular flexibility index (Phi) is 7.39. The Morgan fingerprint density at radius 1 is 1.32 bits per heavy atom. The van der Waals surface area contributed by atoms with Crippen molar-refractivity contribution in [3.8, 4) is 0 Å². The van der Waals surface area contributed by atoms with Gasteiger partial charge in [-0.25, -0.2) is 4.79 Å². The maximum absolute atomic E-state index is 11.6. The van der Waals surface area contributed by atoms with Gasteiger partial charge in [0, 0.05) is 12.5 Å². The van der Waals surface area contributed by atoms with Crippen LogP contribution in [-0.4, -0.2) is 29.3 Å². The summed E-state index contributed by atoms with van der Waals surface area (Å²) in [4.78, 5) is 22.9. The summed E-state index contributed by atoms with van der Waals surface area (Å²) in [5, 5.41) is 9.06. The molecule has 0 amide bonds. The van der Waals surface area contributed by atoms with Crippen molar-refractivity contribution in [3.63, 3.8) is 0 Å². The maximum Gasteiger partial charge on any atom is 0.331 e. The first-order valence-electron chi connectivity index (χ1n) is 7.16. The Labute approximate surface area is 129 Å². The van der Waals surface area contributed by atoms with E-state index in [9.17, 15) is 9.59 Å². The first-order valence-corrected chi connectivity index (χ1v) is 7.16. The van der Waals surface area contributed by atoms with E-state index in [1.165, 1.54) is 19.3 Å². The third kappa shape index (κ3) is 7.08. The van der Waals surface area contributed by atoms with Crippen molar-refractivity contribution in [1.29, 1.82) is 0 Å². The molecule has 0 aliphatic heterocycles. The molecule has 0 saturated heterocycles. The van der Waals surface area contributed by atoms with Crippen LogP contribution < -0.4 is 0 Å². The Morgan fingerprint density at radius 2 is 2.05 bits per heavy atom. The summed E-state index contributed by atoms with van der Waals surface area (Å²) in [7, 11) is 0. The van der Waals surface area contributed by atoms with E-state index in [-0.39, 0.29) is 12.5 Å². The van der Waals surface area contributed by atoms with Gasteiger partial charge in [0.1, 0.15) is 11.9 Å². The fourth-order valence-electron chi connectivity index (χ4n) is 1.71. The molecule has 6 heteroatoms. The Hall–Kier alpha value is -2.08. The highest BCUT2D eigenvalue weighted by molar-refractivity contribution is 5.82. The monoisotopic (exact) mass is 310 g/mol. The molecule has 0 bridgehead atoms. The number of rotatable bonds is 8. The van der Waals surface area contributed by atoms with Gasteiger partial charge in [-0.15, -0.1) is 0 Å². The van der Waals surface area contributed by atoms with Crippen LogP contribution in [0.5, 0.6) is 0 Å². The van der Waals surface area contributed by atoms with Crippen molar-refractivity contribution in [3.05, 3.63) is 36.3 Å². The van der Waals surface area contributed by atoms with Crippen LogP contribution in [0.1, 0.15) is 45.5 Å². The minimum absolute atomic E-state index is 0.0449. The average Bonchev–Trinajstić information content (AvgIpc) is 2.90. The molecule has 1 heterocycles. The Bertz CT molecular complexity index is 489. The molecule has 3 atom stereocenters. The summed E-state index contributed by atoms with van der Waals surface area (Å²) in [6, 6.07) is 3.45. The molecule has 1 N–H and O–H groups in total. The predicted octanol–water partition coefficient (Wildman–Crippen LogP) is 2.53. The van der Waals surface area contributed by atoms with Crippen molar-refractivity contribution >= 4 is 11.9 Å². The summed E-state index contributed by atoms with van der Waals surface area (Å²) < 4.78 is 15.4. The first-order chi connectivity index (χ1) is 10.4. The van der Waals surface area contributed by atoms with E-state index < -0.39 is 24.1 Å². The third-order valence-corrected chi connectivity index (χ3v) is 2.75. The number of aliphatic hydroxyl groups is 1. The van der Waals surface area contributed by atoms with E-state index in [1.807, 2.05) is 0 Å². The van der Waals surface area contributed by atoms with Crippen LogP contribution >= 0.6 is 0 Å². The molecule has 22 heavy (non-hydrogen) atoms. The molecule has 0 fully saturated rings. The van der Waals surface area contributed by atoms with Crippen LogP contribution in [0.3, 0.4) is 0 Å². The summed E-state index contributed by atoms with van der Waals surface area (Å²) in [5.41, 5.74) is 0. The third-order valence-electron chi connectivity index (χ3n) is 2.75. The smallest absolute Gasteiger partial charge is 0.331 e. The number of ether oxygens (including phenoxy) is 2. The zero-order chi connectivity index (χ0) is 16.5. The minimum atomic E-state index is -0.728. The molecule has 0 spiro atoms. The summed E-state index contributed by atoms with van der Waals surface area (Å²) >= 11 is 0. The van der Waals surface area contributed by atoms with Crippen LogP contribution in [-0.2, 0) is 19.1 Å². The van der Waals surface area contributed by atoms with Crippen molar-refractivity contribution in [2.24, 2.45) is 0 Å². The van der Waals surface area contributed by atoms with Gasteiger partial charge in [0.2, 0.25) is 0 Å². The molecule has 0 aromatic carbocycles. The standard InChI is InChI=1S/C16H22O6/c1-11(17)10-16(19)21-12(2)6-4-8-15(18)22-13(3)14-7-5-9-20-14/h4-5,7-9,11-13,17H,6,10H2,1-3H3/b8-4+/t11-,12-,13-/m0/s1. The van der Waals surface area contributed by atoms with Gasteiger partial charge in [-0.1, -0.05) is 6.08 Å². The second kappa shape index (κ2) is 9.04. The number of aliphatic hydroxyl groups excluding tert-OH is 1. The molecule has 122 valence electrons. The number of carbonyl (C=O) groups is 2. The molecule has 0 aliphatic carbocycles. The SMILES string of the molecule is C[C@H](O)CC(=O)O[C@@H](C)C/C=C/C(=O)O[C@@H](C)c1ccco1. The Morgan fingerprint density at radius 3 is 2.64 bits per heavy atom. The van der Waals surface area contributed by atoms with Gasteiger partial charge in [0.25, 0.3) is 0 Å². The number of esters is 2. The lowest BCUT2D eigenvalue weighted by molar-refractivity contribution is -0.150. The van der Waals surface area contributed by atoms with Gasteiger partial charge < -0.3 is 19.0 Å². The van der Waals surface area contributed by atoms with Crippen molar-refractivity contribution < 1.29 is 28.6 Å². The number of furan rings is 1. The van der Waals surface area contributed by atoms with Gasteiger partial charge in [0.15, 0.2) is 6.10 Å². The molecule has 0 aliphatic rings. The van der Waals surface area contributed by atoms with Crippen LogP contribution in [0.4, 0.5) is 0 Å². The molecule has 0 radical (unpaired) electrons. The molecule has 1 aromatic rings. The summed E-state index contributed by atoms with van der Waals surface area (Å²) in [5.74, 6) is -0.390. The quantitative estimate of drug-likeness (QED) is 0.586. The highest BCUT2D eigenvalue weighted by Gasteiger charge is 2.13. The normalized spacial score (nSPS) is 15.3. The average molecular weight is 310 g/mol. The molecular formula is C16H22O6. The number of hydrogen-bond acceptors (Lipinski definition) is 6. The topological polar surface area (TPSA) is 86.0 Å². The summed E-state index contributed by atoms with van der Waals surface area (Å²) in [6.45, 7) is 4.94. The van der Waals surface area contributed by atoms with Crippen molar-refractivity contribution in [1.82, 2.24) is 0 Å². The zero-order valence-corrected chi connectivity index (χ0v) is 13.0. The van der Waals surface area contributed by atoms with Crippen molar-refractivity contribution in [2.75, 3.05) is 0 Å². The lowest BCUT2D eigenvalue weighted by Gasteiger charge is -2.12. The molecule has 1 aromatic heterocycles. The van der Waals surface area contributed by atoms with Crippen LogP contribution in [0.15, 0.2) is 35.0 Å². The predicted molar refractivity (Wildman–Crippen MR) is 78.8 cm³/mol. The van der Waals surface area contributed by atoms with Gasteiger partial charge in [-0.2, -0.15) is 0 Å². The van der Waals surface area contributed by atoms with Crippen LogP contribution in [0.25, 0.3) is 0 Å². The van der Waals surface area contributed by atoms with Crippen LogP contribution in [0, 0.1) is 0 Å². The van der Waals surface area contributed by atoms with Gasteiger partial charge in [0.05, 0.1) is 18.8 Å². The molecule has 1 rings (SSSR count). The molecule has 6 nitrogen and oxygen atoms in total. The second-order valence-corrected chi connectivity index (χ2v) is 5.09. The maximum atomic E-state index is 11.6. The van der Waals surface area contributed by atoms with E-state index in [0.29, 0.717) is 12.2 Å². The highest BCUT2D eigenvalue weighted by Crippen LogP contribution is 2.17. The van der Waals surface area contributed by atoms with E-state index in [2.05, 4.69) is 0 Å². The lowest BCUT2D eigenvalue weighted by atomic mass is 10.2. The minimum Gasteiger partial charge on any atom is -0.465 e. The number of hydrogen-bond donors (Lipinski definition) is 1. The van der Waals surface area contributed by atoms with Gasteiger partial charge >= 0.3 is 11.9 Å². The van der Waals surface area contributed by atoms with Gasteiger partial charge in [-0.3, -0.25) is 4.79 Å². The molecular weight excluding hydrogens is 288 g/mol. The number of carbonyl (C=O) groups excluding carboxylic acids is 2. The summed E-state index contributed by atoms with van der Waals surface area (Å²) in [6.07, 6.45) is 3.15. The molecule has 0 unspecified atom stereocenters. The largest absolute Gasteiger partial charge is 0.465 e. The van der Waals surface area contributed by atoms with Crippen LogP contribution in [0.2, 0.25) is 0 Å². The fraction of sp³-hybridized carbons (Fsp3) is 0.500. The highest BCUT2D eigenvalue weighted by atomic mass is 16.6. The van der Waals surface area contributed by atoms with Gasteiger partial charge in [-0.05, 0) is 32.9 Å². The van der Waals surface area contributed by atoms with E-state index in [4.69, 9.17) is 19.0 Å². The van der Waals surface area contributed by atoms with Crippen molar-refractivity contribution in [2.45, 2.75) is 51.9 Å². The first kappa shape index (κ1) is 18.0. The van der Waals surface area contributed by atoms with E-state index in [0.717, 1.165) is 0 Å². The Balaban J connectivity index is 2.29. The zero-order valence-electron chi connectivity index (χ0n) is 13.0. The molecule has 0 saturated carbocycles.